The van der Waals surface area contributed by atoms with Gasteiger partial charge in [0.25, 0.3) is 0 Å². The molecular weight excluding hydrogens is 286 g/mol. The van der Waals surface area contributed by atoms with Crippen LogP contribution in [0, 0.1) is 0 Å². The van der Waals surface area contributed by atoms with Crippen molar-refractivity contribution in [3.05, 3.63) is 64.7 Å². The Balaban J connectivity index is 1.91. The monoisotopic (exact) mass is 305 g/mol. The highest BCUT2D eigenvalue weighted by Crippen LogP contribution is 2.18. The van der Waals surface area contributed by atoms with Crippen molar-refractivity contribution in [2.75, 3.05) is 20.7 Å². The van der Waals surface area contributed by atoms with E-state index in [1.165, 1.54) is 5.56 Å². The first-order chi connectivity index (χ1) is 10.1. The van der Waals surface area contributed by atoms with Crippen LogP contribution in [0.4, 0.5) is 0 Å². The van der Waals surface area contributed by atoms with E-state index in [9.17, 15) is 5.11 Å². The summed E-state index contributed by atoms with van der Waals surface area (Å²) in [5.41, 5.74) is 2.06. The van der Waals surface area contributed by atoms with Crippen LogP contribution < -0.4 is 4.74 Å². The largest absolute Gasteiger partial charge is 0.497 e. The van der Waals surface area contributed by atoms with Crippen LogP contribution in [-0.4, -0.2) is 30.7 Å². The molecule has 0 amide bonds. The van der Waals surface area contributed by atoms with Gasteiger partial charge >= 0.3 is 0 Å². The van der Waals surface area contributed by atoms with Gasteiger partial charge in [-0.25, -0.2) is 0 Å². The van der Waals surface area contributed by atoms with E-state index >= 15 is 0 Å². The van der Waals surface area contributed by atoms with Crippen LogP contribution in [0.2, 0.25) is 5.02 Å². The van der Waals surface area contributed by atoms with Crippen LogP contribution in [0.3, 0.4) is 0 Å². The molecule has 0 aliphatic heterocycles. The number of hydrogen-bond acceptors (Lipinski definition) is 3. The van der Waals surface area contributed by atoms with E-state index < -0.39 is 6.10 Å². The summed E-state index contributed by atoms with van der Waals surface area (Å²) in [7, 11) is 3.65. The van der Waals surface area contributed by atoms with Gasteiger partial charge in [0.15, 0.2) is 0 Å². The van der Waals surface area contributed by atoms with Crippen LogP contribution in [0.15, 0.2) is 48.5 Å². The molecule has 0 unspecified atom stereocenters. The molecule has 3 nitrogen and oxygen atoms in total. The standard InChI is InChI=1S/C17H20ClNO2/c1-19(11-13-3-9-16(21-2)10-4-13)12-17(20)14-5-7-15(18)8-6-14/h3-10,17,20H,11-12H2,1-2H3/t17-/m0/s1. The number of aliphatic hydroxyl groups excluding tert-OH is 1. The number of nitrogens with zero attached hydrogens (tertiary/aromatic N) is 1. The Morgan fingerprint density at radius 1 is 1.10 bits per heavy atom. The van der Waals surface area contributed by atoms with E-state index in [2.05, 4.69) is 4.90 Å². The molecule has 0 aliphatic rings. The summed E-state index contributed by atoms with van der Waals surface area (Å²) in [6.45, 7) is 1.34. The molecule has 1 N–H and O–H groups in total. The zero-order chi connectivity index (χ0) is 15.2. The van der Waals surface area contributed by atoms with Gasteiger partial charge in [0.1, 0.15) is 5.75 Å². The van der Waals surface area contributed by atoms with Crippen molar-refractivity contribution in [1.29, 1.82) is 0 Å². The third-order valence-electron chi connectivity index (χ3n) is 3.35. The van der Waals surface area contributed by atoms with Crippen molar-refractivity contribution in [3.8, 4) is 5.75 Å². The quantitative estimate of drug-likeness (QED) is 0.886. The van der Waals surface area contributed by atoms with Crippen molar-refractivity contribution < 1.29 is 9.84 Å². The van der Waals surface area contributed by atoms with Gasteiger partial charge in [-0.1, -0.05) is 35.9 Å². The third kappa shape index (κ3) is 4.74. The second kappa shape index (κ2) is 7.46. The maximum absolute atomic E-state index is 10.2. The fourth-order valence-corrected chi connectivity index (χ4v) is 2.32. The SMILES string of the molecule is COc1ccc(CN(C)C[C@H](O)c2ccc(Cl)cc2)cc1. The second-order valence-corrected chi connectivity index (χ2v) is 5.55. The average Bonchev–Trinajstić information content (AvgIpc) is 2.48. The molecule has 2 aromatic rings. The first kappa shape index (κ1) is 15.8. The van der Waals surface area contributed by atoms with Crippen LogP contribution in [-0.2, 0) is 6.54 Å². The van der Waals surface area contributed by atoms with Gasteiger partial charge in [-0.05, 0) is 42.4 Å². The number of ether oxygens (including phenoxy) is 1. The molecule has 0 saturated carbocycles. The Kier molecular flexibility index (Phi) is 5.62. The van der Waals surface area contributed by atoms with E-state index in [1.807, 2.05) is 43.4 Å². The van der Waals surface area contributed by atoms with E-state index in [0.29, 0.717) is 11.6 Å². The van der Waals surface area contributed by atoms with Crippen LogP contribution in [0.1, 0.15) is 17.2 Å². The summed E-state index contributed by atoms with van der Waals surface area (Å²) >= 11 is 5.85. The molecule has 0 aliphatic carbocycles. The van der Waals surface area contributed by atoms with E-state index in [4.69, 9.17) is 16.3 Å². The zero-order valence-electron chi connectivity index (χ0n) is 12.3. The van der Waals surface area contributed by atoms with Crippen LogP contribution in [0.25, 0.3) is 0 Å². The highest BCUT2D eigenvalue weighted by atomic mass is 35.5. The first-order valence-electron chi connectivity index (χ1n) is 6.83. The Morgan fingerprint density at radius 3 is 2.29 bits per heavy atom. The molecular formula is C17H20ClNO2. The second-order valence-electron chi connectivity index (χ2n) is 5.11. The van der Waals surface area contributed by atoms with Gasteiger partial charge in [-0.3, -0.25) is 4.90 Å². The van der Waals surface area contributed by atoms with Crippen molar-refractivity contribution in [2.24, 2.45) is 0 Å². The molecule has 0 bridgehead atoms. The normalized spacial score (nSPS) is 12.4. The summed E-state index contributed by atoms with van der Waals surface area (Å²) in [6.07, 6.45) is -0.523. The van der Waals surface area contributed by atoms with Crippen molar-refractivity contribution >= 4 is 11.6 Å². The number of halogens is 1. The number of likely N-dealkylation sites (N-methyl/N-ethyl adjacent to an activating group) is 1. The Hall–Kier alpha value is -1.55. The zero-order valence-corrected chi connectivity index (χ0v) is 13.0. The Morgan fingerprint density at radius 2 is 1.71 bits per heavy atom. The summed E-state index contributed by atoms with van der Waals surface area (Å²) in [5, 5.41) is 10.9. The number of hydrogen-bond donors (Lipinski definition) is 1. The topological polar surface area (TPSA) is 32.7 Å². The van der Waals surface area contributed by atoms with Gasteiger partial charge in [0.2, 0.25) is 0 Å². The summed E-state index contributed by atoms with van der Waals surface area (Å²) in [6, 6.07) is 15.3. The fourth-order valence-electron chi connectivity index (χ4n) is 2.19. The molecule has 112 valence electrons. The minimum atomic E-state index is -0.523. The molecule has 0 saturated heterocycles. The molecule has 1 atom stereocenters. The average molecular weight is 306 g/mol. The van der Waals surface area contributed by atoms with Crippen LogP contribution >= 0.6 is 11.6 Å². The maximum atomic E-state index is 10.2. The third-order valence-corrected chi connectivity index (χ3v) is 3.60. The summed E-state index contributed by atoms with van der Waals surface area (Å²) < 4.78 is 5.14. The smallest absolute Gasteiger partial charge is 0.118 e. The fraction of sp³-hybridized carbons (Fsp3) is 0.294. The summed E-state index contributed by atoms with van der Waals surface area (Å²) in [5.74, 6) is 0.850. The Bertz CT molecular complexity index is 554. The number of aliphatic hydroxyl groups is 1. The predicted octanol–water partition coefficient (Wildman–Crippen LogP) is 3.51. The van der Waals surface area contributed by atoms with Crippen LogP contribution in [0.5, 0.6) is 5.75 Å². The molecule has 4 heteroatoms. The highest BCUT2D eigenvalue weighted by molar-refractivity contribution is 6.30. The minimum Gasteiger partial charge on any atom is -0.497 e. The minimum absolute atomic E-state index is 0.523. The lowest BCUT2D eigenvalue weighted by atomic mass is 10.1. The molecule has 2 aromatic carbocycles. The molecule has 0 fully saturated rings. The Labute approximate surface area is 130 Å². The highest BCUT2D eigenvalue weighted by Gasteiger charge is 2.11. The van der Waals surface area contributed by atoms with E-state index in [0.717, 1.165) is 17.9 Å². The van der Waals surface area contributed by atoms with Gasteiger partial charge in [-0.2, -0.15) is 0 Å². The molecule has 0 radical (unpaired) electrons. The molecule has 2 rings (SSSR count). The predicted molar refractivity (Wildman–Crippen MR) is 85.7 cm³/mol. The van der Waals surface area contributed by atoms with E-state index in [-0.39, 0.29) is 0 Å². The molecule has 21 heavy (non-hydrogen) atoms. The molecule has 0 spiro atoms. The lowest BCUT2D eigenvalue weighted by molar-refractivity contribution is 0.124. The van der Waals surface area contributed by atoms with Crippen molar-refractivity contribution in [1.82, 2.24) is 4.90 Å². The van der Waals surface area contributed by atoms with Gasteiger partial charge in [0, 0.05) is 18.1 Å². The maximum Gasteiger partial charge on any atom is 0.118 e. The van der Waals surface area contributed by atoms with Crippen molar-refractivity contribution in [3.63, 3.8) is 0 Å². The lowest BCUT2D eigenvalue weighted by Gasteiger charge is -2.21. The number of benzene rings is 2. The van der Waals surface area contributed by atoms with Crippen molar-refractivity contribution in [2.45, 2.75) is 12.6 Å². The number of rotatable bonds is 6. The number of methoxy groups -OCH3 is 1. The first-order valence-corrected chi connectivity index (χ1v) is 7.21. The van der Waals surface area contributed by atoms with E-state index in [1.54, 1.807) is 19.2 Å². The lowest BCUT2D eigenvalue weighted by Crippen LogP contribution is -2.24. The molecule has 0 heterocycles. The van der Waals surface area contributed by atoms with Gasteiger partial charge < -0.3 is 9.84 Å². The van der Waals surface area contributed by atoms with Gasteiger partial charge in [-0.15, -0.1) is 0 Å². The molecule has 0 aromatic heterocycles. The van der Waals surface area contributed by atoms with Gasteiger partial charge in [0.05, 0.1) is 13.2 Å². The summed E-state index contributed by atoms with van der Waals surface area (Å²) in [4.78, 5) is 2.08.